The van der Waals surface area contributed by atoms with E-state index < -0.39 is 0 Å². The van der Waals surface area contributed by atoms with Gasteiger partial charge in [-0.25, -0.2) is 0 Å². The summed E-state index contributed by atoms with van der Waals surface area (Å²) in [7, 11) is 0. The molecule has 0 atom stereocenters. The molecule has 0 aliphatic carbocycles. The van der Waals surface area contributed by atoms with E-state index in [1.54, 1.807) is 0 Å². The lowest BCUT2D eigenvalue weighted by Crippen LogP contribution is -2.30. The Morgan fingerprint density at radius 2 is 1.75 bits per heavy atom. The molecule has 2 nitrogen and oxygen atoms in total. The number of hydrogen-bond acceptors (Lipinski definition) is 3. The Labute approximate surface area is 80.9 Å². The zero-order valence-corrected chi connectivity index (χ0v) is 9.34. The Kier molecular flexibility index (Phi) is 9.57. The van der Waals surface area contributed by atoms with Crippen LogP contribution >= 0.6 is 11.8 Å². The Bertz CT molecular complexity index is 86.6. The van der Waals surface area contributed by atoms with Crippen molar-refractivity contribution in [3.05, 3.63) is 0 Å². The predicted molar refractivity (Wildman–Crippen MR) is 59.0 cm³/mol. The van der Waals surface area contributed by atoms with Crippen molar-refractivity contribution >= 4 is 11.8 Å². The molecule has 74 valence electrons. The smallest absolute Gasteiger partial charge is 0.00770 e. The normalized spacial score (nSPS) is 11.0. The molecule has 0 aliphatic heterocycles. The van der Waals surface area contributed by atoms with Gasteiger partial charge in [0.2, 0.25) is 0 Å². The van der Waals surface area contributed by atoms with Gasteiger partial charge in [-0.2, -0.15) is 11.8 Å². The summed E-state index contributed by atoms with van der Waals surface area (Å²) in [5, 5.41) is 6.77. The lowest BCUT2D eigenvalue weighted by Gasteiger charge is -2.07. The fraction of sp³-hybridized carbons (Fsp3) is 1.00. The maximum Gasteiger partial charge on any atom is 0.00770 e. The molecule has 12 heavy (non-hydrogen) atoms. The standard InChI is InChI=1S/C9H22N2S/c1-9(2)8-11-5-4-10-6-7-12-3/h9-11H,4-8H2,1-3H3. The van der Waals surface area contributed by atoms with Crippen molar-refractivity contribution in [1.29, 1.82) is 0 Å². The summed E-state index contributed by atoms with van der Waals surface area (Å²) in [6.07, 6.45) is 2.14. The second-order valence-electron chi connectivity index (χ2n) is 3.34. The number of hydrogen-bond donors (Lipinski definition) is 2. The van der Waals surface area contributed by atoms with Gasteiger partial charge in [0.15, 0.2) is 0 Å². The fourth-order valence-electron chi connectivity index (χ4n) is 0.867. The molecule has 0 radical (unpaired) electrons. The quantitative estimate of drug-likeness (QED) is 0.562. The lowest BCUT2D eigenvalue weighted by molar-refractivity contribution is 0.540. The highest BCUT2D eigenvalue weighted by atomic mass is 32.2. The molecule has 0 saturated heterocycles. The van der Waals surface area contributed by atoms with Crippen LogP contribution in [0.5, 0.6) is 0 Å². The lowest BCUT2D eigenvalue weighted by atomic mass is 10.2. The van der Waals surface area contributed by atoms with E-state index in [1.807, 2.05) is 11.8 Å². The summed E-state index contributed by atoms with van der Waals surface area (Å²) < 4.78 is 0. The molecule has 0 saturated carbocycles. The van der Waals surface area contributed by atoms with E-state index in [1.165, 1.54) is 5.75 Å². The van der Waals surface area contributed by atoms with E-state index in [2.05, 4.69) is 30.7 Å². The minimum Gasteiger partial charge on any atom is -0.315 e. The van der Waals surface area contributed by atoms with Gasteiger partial charge in [-0.3, -0.25) is 0 Å². The van der Waals surface area contributed by atoms with Crippen LogP contribution in [0.25, 0.3) is 0 Å². The van der Waals surface area contributed by atoms with Crippen LogP contribution in [0.4, 0.5) is 0 Å². The molecule has 3 heteroatoms. The van der Waals surface area contributed by atoms with Crippen molar-refractivity contribution in [3.63, 3.8) is 0 Å². The average molecular weight is 190 g/mol. The van der Waals surface area contributed by atoms with Crippen LogP contribution < -0.4 is 10.6 Å². The maximum absolute atomic E-state index is 3.39. The molecule has 0 aromatic heterocycles. The summed E-state index contributed by atoms with van der Waals surface area (Å²) in [4.78, 5) is 0. The zero-order valence-electron chi connectivity index (χ0n) is 8.52. The third-order valence-corrected chi connectivity index (χ3v) is 2.13. The van der Waals surface area contributed by atoms with E-state index in [9.17, 15) is 0 Å². The molecule has 0 aliphatic rings. The summed E-state index contributed by atoms with van der Waals surface area (Å²) in [5.74, 6) is 1.97. The van der Waals surface area contributed by atoms with Gasteiger partial charge in [0.1, 0.15) is 0 Å². The van der Waals surface area contributed by atoms with Crippen LogP contribution in [0.1, 0.15) is 13.8 Å². The van der Waals surface area contributed by atoms with Crippen molar-refractivity contribution in [2.75, 3.05) is 38.2 Å². The molecule has 2 N–H and O–H groups in total. The van der Waals surface area contributed by atoms with E-state index >= 15 is 0 Å². The predicted octanol–water partition coefficient (Wildman–Crippen LogP) is 1.18. The number of thioether (sulfide) groups is 1. The summed E-state index contributed by atoms with van der Waals surface area (Å²) in [5.41, 5.74) is 0. The molecule has 0 unspecified atom stereocenters. The van der Waals surface area contributed by atoms with Crippen molar-refractivity contribution in [3.8, 4) is 0 Å². The SMILES string of the molecule is CSCCNCCNCC(C)C. The van der Waals surface area contributed by atoms with Gasteiger partial charge in [-0.15, -0.1) is 0 Å². The highest BCUT2D eigenvalue weighted by molar-refractivity contribution is 7.98. The van der Waals surface area contributed by atoms with Crippen molar-refractivity contribution in [2.45, 2.75) is 13.8 Å². The third-order valence-electron chi connectivity index (χ3n) is 1.51. The molecule has 0 aromatic carbocycles. The fourth-order valence-corrected chi connectivity index (χ4v) is 1.22. The highest BCUT2D eigenvalue weighted by Gasteiger charge is 1.91. The Balaban J connectivity index is 2.82. The second kappa shape index (κ2) is 9.36. The van der Waals surface area contributed by atoms with Crippen LogP contribution in [-0.4, -0.2) is 38.2 Å². The summed E-state index contributed by atoms with van der Waals surface area (Å²) >= 11 is 1.89. The van der Waals surface area contributed by atoms with Gasteiger partial charge in [0.25, 0.3) is 0 Å². The average Bonchev–Trinajstić information content (AvgIpc) is 2.02. The van der Waals surface area contributed by atoms with Crippen LogP contribution in [0.15, 0.2) is 0 Å². The third kappa shape index (κ3) is 10.3. The van der Waals surface area contributed by atoms with Gasteiger partial charge in [0.05, 0.1) is 0 Å². The monoisotopic (exact) mass is 190 g/mol. The van der Waals surface area contributed by atoms with E-state index in [-0.39, 0.29) is 0 Å². The molecule has 0 bridgehead atoms. The second-order valence-corrected chi connectivity index (χ2v) is 4.33. The van der Waals surface area contributed by atoms with Crippen LogP contribution in [0, 0.1) is 5.92 Å². The molecule has 0 amide bonds. The minimum absolute atomic E-state index is 0.760. The molecule has 0 heterocycles. The van der Waals surface area contributed by atoms with E-state index in [0.717, 1.165) is 32.1 Å². The summed E-state index contributed by atoms with van der Waals surface area (Å²) in [6.45, 7) is 8.90. The van der Waals surface area contributed by atoms with Gasteiger partial charge >= 0.3 is 0 Å². The van der Waals surface area contributed by atoms with Crippen molar-refractivity contribution < 1.29 is 0 Å². The van der Waals surface area contributed by atoms with Crippen molar-refractivity contribution in [2.24, 2.45) is 5.92 Å². The van der Waals surface area contributed by atoms with Gasteiger partial charge in [-0.1, -0.05) is 13.8 Å². The first kappa shape index (κ1) is 12.3. The van der Waals surface area contributed by atoms with E-state index in [4.69, 9.17) is 0 Å². The number of rotatable bonds is 8. The Hall–Kier alpha value is 0.270. The van der Waals surface area contributed by atoms with Gasteiger partial charge in [-0.05, 0) is 18.7 Å². The van der Waals surface area contributed by atoms with E-state index in [0.29, 0.717) is 0 Å². The van der Waals surface area contributed by atoms with Crippen LogP contribution in [-0.2, 0) is 0 Å². The molecular weight excluding hydrogens is 168 g/mol. The molecule has 0 aromatic rings. The molecule has 0 fully saturated rings. The highest BCUT2D eigenvalue weighted by Crippen LogP contribution is 1.87. The molecular formula is C9H22N2S. The molecule has 0 rings (SSSR count). The Morgan fingerprint density at radius 3 is 2.33 bits per heavy atom. The number of nitrogens with one attached hydrogen (secondary N) is 2. The minimum atomic E-state index is 0.760. The Morgan fingerprint density at radius 1 is 1.08 bits per heavy atom. The van der Waals surface area contributed by atoms with Crippen molar-refractivity contribution in [1.82, 2.24) is 10.6 Å². The first-order valence-electron chi connectivity index (χ1n) is 4.67. The topological polar surface area (TPSA) is 24.1 Å². The molecule has 0 spiro atoms. The summed E-state index contributed by atoms with van der Waals surface area (Å²) in [6, 6.07) is 0. The van der Waals surface area contributed by atoms with Crippen LogP contribution in [0.3, 0.4) is 0 Å². The largest absolute Gasteiger partial charge is 0.315 e. The first-order valence-corrected chi connectivity index (χ1v) is 6.07. The van der Waals surface area contributed by atoms with Gasteiger partial charge in [0, 0.05) is 25.4 Å². The maximum atomic E-state index is 3.39. The zero-order chi connectivity index (χ0) is 9.23. The van der Waals surface area contributed by atoms with Crippen LogP contribution in [0.2, 0.25) is 0 Å². The van der Waals surface area contributed by atoms with Gasteiger partial charge < -0.3 is 10.6 Å². The first-order chi connectivity index (χ1) is 5.77.